The number of nitrogens with zero attached hydrogens (tertiary/aromatic N) is 1. The van der Waals surface area contributed by atoms with Crippen molar-refractivity contribution in [2.24, 2.45) is 0 Å². The van der Waals surface area contributed by atoms with Crippen LogP contribution in [0.1, 0.15) is 15.9 Å². The lowest BCUT2D eigenvalue weighted by Crippen LogP contribution is -2.15. The standard InChI is InChI=1S/C17H10Cl2FNO2/c18-13-4-2-1-3-10(13)7-21-8-11(9-22)17(23)12-5-15(20)14(19)6-16(12)21/h1-6,8-9H,7H2. The zero-order valence-electron chi connectivity index (χ0n) is 11.7. The Morgan fingerprint density at radius 2 is 1.87 bits per heavy atom. The van der Waals surface area contributed by atoms with Crippen molar-refractivity contribution < 1.29 is 9.18 Å². The fraction of sp³-hybridized carbons (Fsp3) is 0.0588. The molecule has 0 aliphatic heterocycles. The van der Waals surface area contributed by atoms with Crippen molar-refractivity contribution in [1.29, 1.82) is 0 Å². The van der Waals surface area contributed by atoms with E-state index in [2.05, 4.69) is 0 Å². The molecular weight excluding hydrogens is 340 g/mol. The fourth-order valence-corrected chi connectivity index (χ4v) is 2.79. The van der Waals surface area contributed by atoms with Crippen LogP contribution in [0.5, 0.6) is 0 Å². The van der Waals surface area contributed by atoms with Crippen molar-refractivity contribution in [3.8, 4) is 0 Å². The average Bonchev–Trinajstić information content (AvgIpc) is 2.54. The lowest BCUT2D eigenvalue weighted by atomic mass is 10.1. The molecule has 1 aromatic heterocycles. The van der Waals surface area contributed by atoms with Gasteiger partial charge < -0.3 is 4.57 Å². The molecule has 0 saturated heterocycles. The summed E-state index contributed by atoms with van der Waals surface area (Å²) in [7, 11) is 0. The van der Waals surface area contributed by atoms with Gasteiger partial charge in [-0.2, -0.15) is 0 Å². The van der Waals surface area contributed by atoms with Gasteiger partial charge in [-0.05, 0) is 23.8 Å². The summed E-state index contributed by atoms with van der Waals surface area (Å²) in [5.41, 5.74) is 0.663. The van der Waals surface area contributed by atoms with E-state index in [0.29, 0.717) is 23.4 Å². The van der Waals surface area contributed by atoms with E-state index in [0.717, 1.165) is 11.6 Å². The van der Waals surface area contributed by atoms with E-state index in [4.69, 9.17) is 23.2 Å². The summed E-state index contributed by atoms with van der Waals surface area (Å²) in [6, 6.07) is 9.64. The molecule has 0 radical (unpaired) electrons. The lowest BCUT2D eigenvalue weighted by Gasteiger charge is -2.13. The van der Waals surface area contributed by atoms with Crippen LogP contribution in [-0.4, -0.2) is 10.9 Å². The van der Waals surface area contributed by atoms with Crippen LogP contribution in [0.3, 0.4) is 0 Å². The third-order valence-electron chi connectivity index (χ3n) is 3.58. The predicted octanol–water partition coefficient (Wildman–Crippen LogP) is 4.31. The Balaban J connectivity index is 2.29. The van der Waals surface area contributed by atoms with E-state index < -0.39 is 11.2 Å². The summed E-state index contributed by atoms with van der Waals surface area (Å²) in [6.07, 6.45) is 1.88. The van der Waals surface area contributed by atoms with Gasteiger partial charge >= 0.3 is 0 Å². The molecule has 6 heteroatoms. The van der Waals surface area contributed by atoms with Crippen LogP contribution in [-0.2, 0) is 6.54 Å². The lowest BCUT2D eigenvalue weighted by molar-refractivity contribution is 0.112. The van der Waals surface area contributed by atoms with Gasteiger partial charge in [0, 0.05) is 23.2 Å². The molecule has 0 aliphatic carbocycles. The Kier molecular flexibility index (Phi) is 4.20. The molecule has 0 fully saturated rings. The summed E-state index contributed by atoms with van der Waals surface area (Å²) >= 11 is 12.0. The third-order valence-corrected chi connectivity index (χ3v) is 4.23. The molecule has 0 amide bonds. The second-order valence-electron chi connectivity index (χ2n) is 5.03. The maximum absolute atomic E-state index is 13.7. The quantitative estimate of drug-likeness (QED) is 0.661. The van der Waals surface area contributed by atoms with Gasteiger partial charge in [0.05, 0.1) is 16.1 Å². The van der Waals surface area contributed by atoms with E-state index >= 15 is 0 Å². The Bertz CT molecular complexity index is 982. The van der Waals surface area contributed by atoms with Crippen molar-refractivity contribution in [3.05, 3.63) is 79.8 Å². The SMILES string of the molecule is O=Cc1cn(Cc2ccccc2Cl)c2cc(Cl)c(F)cc2c1=O. The van der Waals surface area contributed by atoms with Gasteiger partial charge in [0.2, 0.25) is 0 Å². The van der Waals surface area contributed by atoms with Crippen LogP contribution < -0.4 is 5.43 Å². The molecule has 1 heterocycles. The van der Waals surface area contributed by atoms with E-state index in [1.807, 2.05) is 12.1 Å². The molecule has 0 N–H and O–H groups in total. The smallest absolute Gasteiger partial charge is 0.199 e. The van der Waals surface area contributed by atoms with Gasteiger partial charge in [0.1, 0.15) is 5.82 Å². The van der Waals surface area contributed by atoms with Gasteiger partial charge in [-0.1, -0.05) is 41.4 Å². The maximum atomic E-state index is 13.7. The maximum Gasteiger partial charge on any atom is 0.199 e. The van der Waals surface area contributed by atoms with Gasteiger partial charge in [0.25, 0.3) is 0 Å². The molecule has 3 aromatic rings. The van der Waals surface area contributed by atoms with Crippen molar-refractivity contribution in [2.75, 3.05) is 0 Å². The minimum absolute atomic E-state index is 0.0497. The van der Waals surface area contributed by atoms with Crippen molar-refractivity contribution in [3.63, 3.8) is 0 Å². The number of hydrogen-bond donors (Lipinski definition) is 0. The number of carbonyl (C=O) groups excluding carboxylic acids is 1. The van der Waals surface area contributed by atoms with Crippen LogP contribution in [0.4, 0.5) is 4.39 Å². The molecule has 23 heavy (non-hydrogen) atoms. The summed E-state index contributed by atoms with van der Waals surface area (Å²) in [5, 5.41) is 0.562. The van der Waals surface area contributed by atoms with Gasteiger partial charge in [-0.3, -0.25) is 9.59 Å². The number of rotatable bonds is 3. The van der Waals surface area contributed by atoms with Crippen molar-refractivity contribution in [1.82, 2.24) is 4.57 Å². The molecular formula is C17H10Cl2FNO2. The number of halogens is 3. The van der Waals surface area contributed by atoms with Gasteiger partial charge in [-0.15, -0.1) is 0 Å². The number of aldehydes is 1. The van der Waals surface area contributed by atoms with Crippen LogP contribution in [0.2, 0.25) is 10.0 Å². The molecule has 0 atom stereocenters. The summed E-state index contributed by atoms with van der Waals surface area (Å²) in [5.74, 6) is -0.705. The van der Waals surface area contributed by atoms with E-state index in [-0.39, 0.29) is 16.0 Å². The zero-order valence-corrected chi connectivity index (χ0v) is 13.2. The van der Waals surface area contributed by atoms with E-state index in [1.54, 1.807) is 16.7 Å². The van der Waals surface area contributed by atoms with Crippen LogP contribution in [0.25, 0.3) is 10.9 Å². The van der Waals surface area contributed by atoms with Crippen molar-refractivity contribution in [2.45, 2.75) is 6.54 Å². The first-order valence-electron chi connectivity index (χ1n) is 6.72. The van der Waals surface area contributed by atoms with Crippen LogP contribution in [0.15, 0.2) is 47.4 Å². The molecule has 0 spiro atoms. The largest absolute Gasteiger partial charge is 0.342 e. The number of fused-ring (bicyclic) bond motifs is 1. The number of hydrogen-bond acceptors (Lipinski definition) is 2. The predicted molar refractivity (Wildman–Crippen MR) is 89.1 cm³/mol. The average molecular weight is 350 g/mol. The number of aromatic nitrogens is 1. The van der Waals surface area contributed by atoms with Crippen molar-refractivity contribution >= 4 is 40.4 Å². The Morgan fingerprint density at radius 1 is 1.13 bits per heavy atom. The number of carbonyl (C=O) groups is 1. The van der Waals surface area contributed by atoms with Gasteiger partial charge in [-0.25, -0.2) is 4.39 Å². The molecule has 2 aromatic carbocycles. The summed E-state index contributed by atoms with van der Waals surface area (Å²) in [4.78, 5) is 23.3. The highest BCUT2D eigenvalue weighted by Crippen LogP contribution is 2.23. The highest BCUT2D eigenvalue weighted by Gasteiger charge is 2.13. The second-order valence-corrected chi connectivity index (χ2v) is 5.85. The summed E-state index contributed by atoms with van der Waals surface area (Å²) < 4.78 is 15.4. The number of benzene rings is 2. The minimum atomic E-state index is -0.705. The molecule has 3 nitrogen and oxygen atoms in total. The first-order valence-corrected chi connectivity index (χ1v) is 7.47. The Labute approximate surface area is 140 Å². The first kappa shape index (κ1) is 15.7. The molecule has 3 rings (SSSR count). The van der Waals surface area contributed by atoms with E-state index in [9.17, 15) is 14.0 Å². The highest BCUT2D eigenvalue weighted by molar-refractivity contribution is 6.31. The Morgan fingerprint density at radius 3 is 2.57 bits per heavy atom. The van der Waals surface area contributed by atoms with E-state index in [1.165, 1.54) is 12.3 Å². The monoisotopic (exact) mass is 349 g/mol. The summed E-state index contributed by atoms with van der Waals surface area (Å²) in [6.45, 7) is 0.319. The second kappa shape index (κ2) is 6.14. The highest BCUT2D eigenvalue weighted by atomic mass is 35.5. The first-order chi connectivity index (χ1) is 11.0. The topological polar surface area (TPSA) is 39.1 Å². The van der Waals surface area contributed by atoms with Gasteiger partial charge in [0.15, 0.2) is 11.7 Å². The fourth-order valence-electron chi connectivity index (χ4n) is 2.43. The van der Waals surface area contributed by atoms with Crippen LogP contribution >= 0.6 is 23.2 Å². The molecule has 0 aliphatic rings. The Hall–Kier alpha value is -2.17. The molecule has 116 valence electrons. The van der Waals surface area contributed by atoms with Crippen LogP contribution in [0, 0.1) is 5.82 Å². The zero-order chi connectivity index (χ0) is 16.6. The molecule has 0 unspecified atom stereocenters. The minimum Gasteiger partial charge on any atom is -0.342 e. The third kappa shape index (κ3) is 2.87. The normalized spacial score (nSPS) is 10.9. The molecule has 0 bridgehead atoms. The molecule has 0 saturated carbocycles. The number of pyridine rings is 1.